The molecule has 0 radical (unpaired) electrons. The SMILES string of the molecule is Cc1ncsc1-c1ccc(CNC(=O)[C@H]2C[C@@H](O)CN2C(=O)[C@@H](NC(=O)COCCOCCOCCNC(=O)CCCn2cnc(-c3cnc(O[C@@H]4CCN(C(=O)Cc5ccc(OC(F)(F)F)cc5)C[C@H]4F)c(C(N)=O)c3)c2)C(C)(C)C)cc1. The number of primary amides is 1. The van der Waals surface area contributed by atoms with Crippen LogP contribution in [0.3, 0.4) is 0 Å². The minimum atomic E-state index is -4.85. The summed E-state index contributed by atoms with van der Waals surface area (Å²) < 4.78 is 80.9. The molecule has 7 rings (SSSR count). The molecule has 5 atom stereocenters. The number of carbonyl (C=O) groups is 6. The average molecular weight is 1200 g/mol. The topological polar surface area (TPSA) is 281 Å². The van der Waals surface area contributed by atoms with Gasteiger partial charge in [-0.05, 0) is 53.6 Å². The number of likely N-dealkylation sites (tertiary alicyclic amines) is 2. The van der Waals surface area contributed by atoms with E-state index in [1.165, 1.54) is 34.2 Å². The van der Waals surface area contributed by atoms with Gasteiger partial charge in [0.2, 0.25) is 35.4 Å². The molecule has 2 fully saturated rings. The number of amides is 6. The highest BCUT2D eigenvalue weighted by molar-refractivity contribution is 7.13. The van der Waals surface area contributed by atoms with Crippen molar-refractivity contribution in [1.29, 1.82) is 0 Å². The van der Waals surface area contributed by atoms with Crippen LogP contribution in [0.5, 0.6) is 11.6 Å². The van der Waals surface area contributed by atoms with E-state index in [9.17, 15) is 47.0 Å². The van der Waals surface area contributed by atoms with Gasteiger partial charge < -0.3 is 64.8 Å². The zero-order chi connectivity index (χ0) is 60.6. The molecule has 0 spiro atoms. The van der Waals surface area contributed by atoms with Crippen LogP contribution >= 0.6 is 11.3 Å². The normalized spacial score (nSPS) is 17.6. The van der Waals surface area contributed by atoms with Crippen molar-refractivity contribution in [3.8, 4) is 33.3 Å². The van der Waals surface area contributed by atoms with Crippen LogP contribution in [0.25, 0.3) is 21.7 Å². The van der Waals surface area contributed by atoms with Gasteiger partial charge in [-0.2, -0.15) is 0 Å². The van der Waals surface area contributed by atoms with Crippen LogP contribution in [0.1, 0.15) is 73.6 Å². The quantitative estimate of drug-likeness (QED) is 0.0336. The number of aromatic nitrogens is 4. The number of thiazole rings is 1. The Labute approximate surface area is 486 Å². The third-order valence-electron chi connectivity index (χ3n) is 13.7. The van der Waals surface area contributed by atoms with Gasteiger partial charge in [0.15, 0.2) is 6.17 Å². The van der Waals surface area contributed by atoms with Crippen molar-refractivity contribution < 1.29 is 75.1 Å². The molecule has 0 unspecified atom stereocenters. The number of hydrogen-bond acceptors (Lipinski definition) is 16. The number of nitrogens with two attached hydrogens (primary N) is 1. The summed E-state index contributed by atoms with van der Waals surface area (Å²) in [7, 11) is 0. The summed E-state index contributed by atoms with van der Waals surface area (Å²) in [5, 5.41) is 19.0. The van der Waals surface area contributed by atoms with Crippen molar-refractivity contribution in [2.75, 3.05) is 65.8 Å². The Morgan fingerprint density at radius 1 is 0.869 bits per heavy atom. The molecule has 6 N–H and O–H groups in total. The first-order chi connectivity index (χ1) is 40.0. The summed E-state index contributed by atoms with van der Waals surface area (Å²) in [6, 6.07) is 12.1. The Bertz CT molecular complexity index is 3030. The van der Waals surface area contributed by atoms with Crippen molar-refractivity contribution in [3.63, 3.8) is 0 Å². The van der Waals surface area contributed by atoms with E-state index in [-0.39, 0.29) is 115 Å². The monoisotopic (exact) mass is 1190 g/mol. The maximum absolute atomic E-state index is 15.4. The highest BCUT2D eigenvalue weighted by atomic mass is 32.1. The Morgan fingerprint density at radius 2 is 1.57 bits per heavy atom. The minimum absolute atomic E-state index is 0.0526. The van der Waals surface area contributed by atoms with Crippen LogP contribution in [0.15, 0.2) is 78.8 Å². The lowest BCUT2D eigenvalue weighted by Gasteiger charge is -2.35. The van der Waals surface area contributed by atoms with Crippen molar-refractivity contribution in [2.45, 2.75) is 110 Å². The zero-order valence-electron chi connectivity index (χ0n) is 47.0. The van der Waals surface area contributed by atoms with Gasteiger partial charge in [0.25, 0.3) is 5.91 Å². The molecule has 0 aliphatic carbocycles. The smallest absolute Gasteiger partial charge is 0.471 e. The van der Waals surface area contributed by atoms with Gasteiger partial charge in [0, 0.05) is 69.9 Å². The first-order valence-corrected chi connectivity index (χ1v) is 28.2. The van der Waals surface area contributed by atoms with Crippen LogP contribution in [0.4, 0.5) is 17.6 Å². The Hall–Kier alpha value is -7.59. The van der Waals surface area contributed by atoms with E-state index < -0.39 is 77.5 Å². The molecule has 0 bridgehead atoms. The minimum Gasteiger partial charge on any atom is -0.471 e. The van der Waals surface area contributed by atoms with E-state index in [1.807, 2.05) is 31.2 Å². The molecule has 27 heteroatoms. The molecule has 2 saturated heterocycles. The van der Waals surface area contributed by atoms with Crippen LogP contribution in [-0.4, -0.2) is 173 Å². The molecule has 22 nitrogen and oxygen atoms in total. The van der Waals surface area contributed by atoms with Gasteiger partial charge in [0.05, 0.1) is 80.2 Å². The molecule has 5 aromatic rings. The molecule has 5 heterocycles. The number of piperidine rings is 1. The number of hydrogen-bond donors (Lipinski definition) is 5. The van der Waals surface area contributed by atoms with Crippen LogP contribution in [-0.2, 0) is 57.7 Å². The first-order valence-electron chi connectivity index (χ1n) is 27.3. The Morgan fingerprint density at radius 3 is 2.24 bits per heavy atom. The van der Waals surface area contributed by atoms with Crippen molar-refractivity contribution in [3.05, 3.63) is 101 Å². The summed E-state index contributed by atoms with van der Waals surface area (Å²) in [5.74, 6) is -3.53. The zero-order valence-corrected chi connectivity index (χ0v) is 47.8. The van der Waals surface area contributed by atoms with Gasteiger partial charge in [-0.1, -0.05) is 57.2 Å². The summed E-state index contributed by atoms with van der Waals surface area (Å²) in [6.45, 7) is 8.65. The predicted octanol–water partition coefficient (Wildman–Crippen LogP) is 4.69. The highest BCUT2D eigenvalue weighted by Crippen LogP contribution is 2.31. The lowest BCUT2D eigenvalue weighted by Crippen LogP contribution is -2.58. The molecule has 2 aliphatic rings. The average Bonchev–Trinajstić information content (AvgIpc) is 4.36. The molecular weight excluding hydrogens is 1120 g/mol. The number of ether oxygens (including phenoxy) is 5. The Balaban J connectivity index is 0.725. The number of aliphatic hydroxyl groups is 1. The lowest BCUT2D eigenvalue weighted by atomic mass is 9.85. The third-order valence-corrected chi connectivity index (χ3v) is 14.7. The molecule has 3 aromatic heterocycles. The number of pyridine rings is 1. The van der Waals surface area contributed by atoms with Crippen molar-refractivity contribution in [1.82, 2.24) is 45.3 Å². The number of aryl methyl sites for hydroxylation is 2. The van der Waals surface area contributed by atoms with Crippen LogP contribution in [0.2, 0.25) is 0 Å². The number of imidazole rings is 1. The number of nitrogens with zero attached hydrogens (tertiary/aromatic N) is 6. The van der Waals surface area contributed by atoms with Crippen molar-refractivity contribution >= 4 is 46.8 Å². The third kappa shape index (κ3) is 19.0. The summed E-state index contributed by atoms with van der Waals surface area (Å²) in [4.78, 5) is 94.9. The second kappa shape index (κ2) is 29.8. The summed E-state index contributed by atoms with van der Waals surface area (Å²) in [6.07, 6.45) is -3.15. The maximum atomic E-state index is 15.4. The first kappa shape index (κ1) is 64.0. The number of aliphatic hydroxyl groups excluding tert-OH is 1. The molecule has 84 heavy (non-hydrogen) atoms. The van der Waals surface area contributed by atoms with E-state index in [0.29, 0.717) is 29.8 Å². The molecule has 6 amide bonds. The van der Waals surface area contributed by atoms with E-state index in [4.69, 9.17) is 24.7 Å². The molecule has 2 aliphatic heterocycles. The predicted molar refractivity (Wildman–Crippen MR) is 298 cm³/mol. The van der Waals surface area contributed by atoms with E-state index in [1.54, 1.807) is 54.7 Å². The van der Waals surface area contributed by atoms with Gasteiger partial charge in [-0.3, -0.25) is 28.8 Å². The highest BCUT2D eigenvalue weighted by Gasteiger charge is 2.44. The second-order valence-corrected chi connectivity index (χ2v) is 22.1. The summed E-state index contributed by atoms with van der Waals surface area (Å²) >= 11 is 1.55. The fourth-order valence-corrected chi connectivity index (χ4v) is 10.1. The Kier molecular flexibility index (Phi) is 22.7. The standard InChI is InChI=1S/C57H70F4N10O12S/c1-35-50(84-34-67-35)38-11-7-37(8-12-38)27-64-53(77)45-26-40(72)29-71(45)55(78)51(56(2,3)4)68-48(74)32-81-23-22-80-21-20-79-19-16-63-47(73)6-5-17-69-31-44(66-33-69)39-25-42(52(62)76)54(65-28-39)82-46-15-18-70(30-43(46)58)49(75)24-36-9-13-41(14-10-36)83-57(59,60)61/h7-14,25,28,31,33-34,40,43,45-46,51,72H,5-6,15-24,26-27,29-30,32H2,1-4H3,(H2,62,76)(H,63,73)(H,64,77)(H,68,74)/t40-,43-,45-,46-,51-/m1/s1. The largest absolute Gasteiger partial charge is 0.573 e. The number of rotatable bonds is 28. The van der Waals surface area contributed by atoms with Crippen LogP contribution < -0.4 is 31.2 Å². The molecule has 0 saturated carbocycles. The number of halogens is 4. The second-order valence-electron chi connectivity index (χ2n) is 21.3. The van der Waals surface area contributed by atoms with Gasteiger partial charge in [-0.15, -0.1) is 24.5 Å². The maximum Gasteiger partial charge on any atom is 0.573 e. The van der Waals surface area contributed by atoms with E-state index in [2.05, 4.69) is 35.6 Å². The summed E-state index contributed by atoms with van der Waals surface area (Å²) in [5.41, 5.74) is 10.7. The lowest BCUT2D eigenvalue weighted by molar-refractivity contribution is -0.274. The number of alkyl halides is 4. The molecule has 454 valence electrons. The van der Waals surface area contributed by atoms with Crippen LogP contribution in [0, 0.1) is 12.3 Å². The number of β-amino-alcohol motifs (C(OH)–C–C–N with tert-alkyl or cyclic N) is 1. The van der Waals surface area contributed by atoms with Gasteiger partial charge in [0.1, 0.15) is 36.1 Å². The van der Waals surface area contributed by atoms with E-state index in [0.717, 1.165) is 33.8 Å². The number of nitrogens with one attached hydrogen (secondary N) is 3. The van der Waals surface area contributed by atoms with E-state index >= 15 is 4.39 Å². The van der Waals surface area contributed by atoms with Gasteiger partial charge >= 0.3 is 6.36 Å². The molecule has 2 aromatic carbocycles. The number of carbonyl (C=O) groups excluding carboxylic acids is 6. The fourth-order valence-electron chi connectivity index (χ4n) is 9.34. The van der Waals surface area contributed by atoms with Gasteiger partial charge in [-0.25, -0.2) is 19.3 Å². The fraction of sp³-hybridized carbons (Fsp3) is 0.491. The van der Waals surface area contributed by atoms with Crippen molar-refractivity contribution in [2.24, 2.45) is 11.1 Å². The number of benzene rings is 2. The molecular formula is C57H70F4N10O12S.